The Kier molecular flexibility index (Phi) is 7.02. The highest BCUT2D eigenvalue weighted by molar-refractivity contribution is 5.93. The number of benzene rings is 2. The molecule has 2 rings (SSSR count). The van der Waals surface area contributed by atoms with Crippen molar-refractivity contribution in [2.45, 2.75) is 33.2 Å². The van der Waals surface area contributed by atoms with Crippen molar-refractivity contribution < 1.29 is 9.53 Å². The van der Waals surface area contributed by atoms with Crippen molar-refractivity contribution in [3.05, 3.63) is 59.7 Å². The number of anilines is 1. The van der Waals surface area contributed by atoms with Gasteiger partial charge in [0.1, 0.15) is 5.75 Å². The maximum Gasteiger partial charge on any atom is 0.238 e. The molecule has 134 valence electrons. The Labute approximate surface area is 150 Å². The Balaban J connectivity index is 1.95. The molecule has 1 amide bonds. The van der Waals surface area contributed by atoms with Crippen LogP contribution in [0.4, 0.5) is 5.69 Å². The Hall–Kier alpha value is -2.33. The van der Waals surface area contributed by atoms with Gasteiger partial charge in [-0.1, -0.05) is 57.2 Å². The number of nitrogens with zero attached hydrogens (tertiary/aromatic N) is 1. The third kappa shape index (κ3) is 5.61. The van der Waals surface area contributed by atoms with E-state index >= 15 is 0 Å². The summed E-state index contributed by atoms with van der Waals surface area (Å²) in [6.45, 7) is 8.37. The first-order chi connectivity index (χ1) is 12.0. The molecule has 0 aromatic heterocycles. The number of hydrogen-bond acceptors (Lipinski definition) is 3. The van der Waals surface area contributed by atoms with Gasteiger partial charge in [0.2, 0.25) is 5.91 Å². The lowest BCUT2D eigenvalue weighted by atomic mass is 10.0. The van der Waals surface area contributed by atoms with Gasteiger partial charge in [-0.25, -0.2) is 0 Å². The first kappa shape index (κ1) is 19.0. The van der Waals surface area contributed by atoms with Gasteiger partial charge < -0.3 is 10.1 Å². The van der Waals surface area contributed by atoms with E-state index in [1.807, 2.05) is 24.3 Å². The first-order valence-electron chi connectivity index (χ1n) is 8.77. The fourth-order valence-corrected chi connectivity index (χ4v) is 2.69. The fourth-order valence-electron chi connectivity index (χ4n) is 2.69. The number of para-hydroxylation sites is 2. The molecule has 4 heteroatoms. The molecular formula is C21H28N2O2. The number of hydrogen-bond donors (Lipinski definition) is 1. The van der Waals surface area contributed by atoms with Gasteiger partial charge in [-0.15, -0.1) is 0 Å². The van der Waals surface area contributed by atoms with Crippen LogP contribution in [0.3, 0.4) is 0 Å². The number of rotatable bonds is 8. The van der Waals surface area contributed by atoms with Crippen LogP contribution in [0.25, 0.3) is 0 Å². The highest BCUT2D eigenvalue weighted by Gasteiger charge is 2.12. The third-order valence-corrected chi connectivity index (χ3v) is 4.25. The van der Waals surface area contributed by atoms with Crippen LogP contribution >= 0.6 is 0 Å². The summed E-state index contributed by atoms with van der Waals surface area (Å²) in [4.78, 5) is 14.5. The van der Waals surface area contributed by atoms with Gasteiger partial charge in [-0.2, -0.15) is 0 Å². The van der Waals surface area contributed by atoms with Crippen molar-refractivity contribution in [1.29, 1.82) is 0 Å². The number of amides is 1. The third-order valence-electron chi connectivity index (χ3n) is 4.25. The average Bonchev–Trinajstić information content (AvgIpc) is 2.62. The molecular weight excluding hydrogens is 312 g/mol. The van der Waals surface area contributed by atoms with Gasteiger partial charge >= 0.3 is 0 Å². The average molecular weight is 340 g/mol. The van der Waals surface area contributed by atoms with E-state index in [9.17, 15) is 4.79 Å². The minimum absolute atomic E-state index is 0.0369. The van der Waals surface area contributed by atoms with Crippen molar-refractivity contribution >= 4 is 11.6 Å². The summed E-state index contributed by atoms with van der Waals surface area (Å²) in [5.74, 6) is 1.16. The van der Waals surface area contributed by atoms with Crippen molar-refractivity contribution in [2.75, 3.05) is 25.5 Å². The number of methoxy groups -OCH3 is 1. The van der Waals surface area contributed by atoms with Gasteiger partial charge in [0, 0.05) is 6.54 Å². The van der Waals surface area contributed by atoms with Gasteiger partial charge in [-0.05, 0) is 35.7 Å². The molecule has 0 saturated heterocycles. The molecule has 0 unspecified atom stereocenters. The van der Waals surface area contributed by atoms with E-state index in [-0.39, 0.29) is 5.91 Å². The van der Waals surface area contributed by atoms with E-state index in [0.29, 0.717) is 23.9 Å². The SMILES string of the molecule is CCN(CC(=O)Nc1ccccc1OC)Cc1ccc(C(C)C)cc1. The molecule has 1 N–H and O–H groups in total. The van der Waals surface area contributed by atoms with Crippen molar-refractivity contribution in [3.8, 4) is 5.75 Å². The monoisotopic (exact) mass is 340 g/mol. The molecule has 0 atom stereocenters. The van der Waals surface area contributed by atoms with E-state index in [1.165, 1.54) is 11.1 Å². The van der Waals surface area contributed by atoms with Crippen LogP contribution < -0.4 is 10.1 Å². The standard InChI is InChI=1S/C21H28N2O2/c1-5-23(14-17-10-12-18(13-11-17)16(2)3)15-21(24)22-19-8-6-7-9-20(19)25-4/h6-13,16H,5,14-15H2,1-4H3,(H,22,24). The van der Waals surface area contributed by atoms with E-state index in [1.54, 1.807) is 7.11 Å². The minimum Gasteiger partial charge on any atom is -0.495 e. The lowest BCUT2D eigenvalue weighted by Crippen LogP contribution is -2.32. The number of ether oxygens (including phenoxy) is 1. The van der Waals surface area contributed by atoms with Gasteiger partial charge in [0.25, 0.3) is 0 Å². The van der Waals surface area contributed by atoms with Crippen LogP contribution in [0.1, 0.15) is 37.8 Å². The molecule has 0 aliphatic carbocycles. The lowest BCUT2D eigenvalue weighted by Gasteiger charge is -2.20. The normalized spacial score (nSPS) is 11.0. The molecule has 0 radical (unpaired) electrons. The van der Waals surface area contributed by atoms with Crippen LogP contribution in [0.2, 0.25) is 0 Å². The molecule has 0 heterocycles. The zero-order valence-electron chi connectivity index (χ0n) is 15.6. The number of carbonyl (C=O) groups excluding carboxylic acids is 1. The van der Waals surface area contributed by atoms with E-state index in [2.05, 4.69) is 55.3 Å². The van der Waals surface area contributed by atoms with E-state index in [4.69, 9.17) is 4.74 Å². The lowest BCUT2D eigenvalue weighted by molar-refractivity contribution is -0.117. The van der Waals surface area contributed by atoms with Crippen molar-refractivity contribution in [1.82, 2.24) is 4.90 Å². The van der Waals surface area contributed by atoms with Gasteiger partial charge in [0.05, 0.1) is 19.3 Å². The molecule has 0 fully saturated rings. The highest BCUT2D eigenvalue weighted by atomic mass is 16.5. The summed E-state index contributed by atoms with van der Waals surface area (Å²) in [6.07, 6.45) is 0. The second-order valence-electron chi connectivity index (χ2n) is 6.45. The largest absolute Gasteiger partial charge is 0.495 e. The Morgan fingerprint density at radius 3 is 2.40 bits per heavy atom. The van der Waals surface area contributed by atoms with Crippen LogP contribution in [0, 0.1) is 0 Å². The summed E-state index contributed by atoms with van der Waals surface area (Å²) < 4.78 is 5.28. The molecule has 0 saturated carbocycles. The Morgan fingerprint density at radius 2 is 1.80 bits per heavy atom. The summed E-state index contributed by atoms with van der Waals surface area (Å²) in [7, 11) is 1.60. The minimum atomic E-state index is -0.0369. The van der Waals surface area contributed by atoms with Crippen LogP contribution in [0.15, 0.2) is 48.5 Å². The zero-order valence-corrected chi connectivity index (χ0v) is 15.6. The first-order valence-corrected chi connectivity index (χ1v) is 8.77. The molecule has 2 aromatic rings. The summed E-state index contributed by atoms with van der Waals surface area (Å²) in [5, 5.41) is 2.93. The summed E-state index contributed by atoms with van der Waals surface area (Å²) >= 11 is 0. The predicted octanol–water partition coefficient (Wildman–Crippen LogP) is 4.28. The quantitative estimate of drug-likeness (QED) is 0.780. The second kappa shape index (κ2) is 9.23. The topological polar surface area (TPSA) is 41.6 Å². The van der Waals surface area contributed by atoms with Gasteiger partial charge in [-0.3, -0.25) is 9.69 Å². The van der Waals surface area contributed by atoms with Gasteiger partial charge in [0.15, 0.2) is 0 Å². The van der Waals surface area contributed by atoms with E-state index in [0.717, 1.165) is 13.1 Å². The molecule has 0 aliphatic rings. The maximum atomic E-state index is 12.4. The number of nitrogens with one attached hydrogen (secondary N) is 1. The highest BCUT2D eigenvalue weighted by Crippen LogP contribution is 2.23. The van der Waals surface area contributed by atoms with Crippen LogP contribution in [0.5, 0.6) is 5.75 Å². The molecule has 25 heavy (non-hydrogen) atoms. The molecule has 0 aliphatic heterocycles. The van der Waals surface area contributed by atoms with Crippen molar-refractivity contribution in [3.63, 3.8) is 0 Å². The van der Waals surface area contributed by atoms with Crippen LogP contribution in [-0.4, -0.2) is 31.0 Å². The Bertz CT molecular complexity index is 681. The predicted molar refractivity (Wildman–Crippen MR) is 103 cm³/mol. The summed E-state index contributed by atoms with van der Waals surface area (Å²) in [5.41, 5.74) is 3.25. The molecule has 0 bridgehead atoms. The summed E-state index contributed by atoms with van der Waals surface area (Å²) in [6, 6.07) is 16.1. The van der Waals surface area contributed by atoms with Crippen LogP contribution in [-0.2, 0) is 11.3 Å². The fraction of sp³-hybridized carbons (Fsp3) is 0.381. The number of likely N-dealkylation sites (N-methyl/N-ethyl adjacent to an activating group) is 1. The maximum absolute atomic E-state index is 12.4. The smallest absolute Gasteiger partial charge is 0.238 e. The molecule has 0 spiro atoms. The van der Waals surface area contributed by atoms with Crippen molar-refractivity contribution in [2.24, 2.45) is 0 Å². The molecule has 4 nitrogen and oxygen atoms in total. The second-order valence-corrected chi connectivity index (χ2v) is 6.45. The molecule has 2 aromatic carbocycles. The van der Waals surface area contributed by atoms with E-state index < -0.39 is 0 Å². The zero-order chi connectivity index (χ0) is 18.2. The Morgan fingerprint density at radius 1 is 1.12 bits per heavy atom. The number of carbonyl (C=O) groups is 1.